The number of anilines is 1. The molecule has 0 radical (unpaired) electrons. The minimum atomic E-state index is -2.17. The quantitative estimate of drug-likeness (QED) is 0.260. The van der Waals surface area contributed by atoms with Crippen LogP contribution in [0.5, 0.6) is 0 Å². The SMILES string of the molecule is O=C(N[C@@H](Nc1cccc([N+](=O)[O-])c1)C(Cl)(Cl)Cl)c1cc([N+](=O)[O-])cc([N+](=O)[O-])c1. The van der Waals surface area contributed by atoms with Gasteiger partial charge in [-0.05, 0) is 6.07 Å². The molecule has 2 aromatic carbocycles. The van der Waals surface area contributed by atoms with Gasteiger partial charge in [0.25, 0.3) is 23.0 Å². The minimum absolute atomic E-state index is 0.117. The van der Waals surface area contributed by atoms with Crippen molar-refractivity contribution < 1.29 is 19.6 Å². The number of hydrogen-bond donors (Lipinski definition) is 2. The summed E-state index contributed by atoms with van der Waals surface area (Å²) in [7, 11) is 0. The maximum Gasteiger partial charge on any atom is 0.277 e. The first kappa shape index (κ1) is 23.1. The molecule has 2 N–H and O–H groups in total. The van der Waals surface area contributed by atoms with Crippen molar-refractivity contribution in [2.24, 2.45) is 0 Å². The third-order valence-electron chi connectivity index (χ3n) is 3.56. The average Bonchev–Trinajstić information content (AvgIpc) is 2.66. The van der Waals surface area contributed by atoms with Gasteiger partial charge in [0.2, 0.25) is 3.79 Å². The lowest BCUT2D eigenvalue weighted by Crippen LogP contribution is -2.49. The Morgan fingerprint density at radius 1 is 0.867 bits per heavy atom. The summed E-state index contributed by atoms with van der Waals surface area (Å²) in [4.78, 5) is 42.9. The van der Waals surface area contributed by atoms with Crippen LogP contribution in [-0.2, 0) is 0 Å². The highest BCUT2D eigenvalue weighted by Gasteiger charge is 2.35. The van der Waals surface area contributed by atoms with E-state index in [2.05, 4.69) is 10.6 Å². The number of nitrogens with zero attached hydrogens (tertiary/aromatic N) is 3. The topological polar surface area (TPSA) is 171 Å². The molecule has 15 heteroatoms. The number of rotatable bonds is 7. The summed E-state index contributed by atoms with van der Waals surface area (Å²) in [5.74, 6) is -1.03. The molecular formula is C15H10Cl3N5O7. The van der Waals surface area contributed by atoms with Gasteiger partial charge in [0, 0.05) is 30.0 Å². The number of nitro benzene ring substituents is 3. The average molecular weight is 479 g/mol. The lowest BCUT2D eigenvalue weighted by molar-refractivity contribution is -0.394. The molecule has 0 heterocycles. The number of carbonyl (C=O) groups excluding carboxylic acids is 1. The zero-order chi connectivity index (χ0) is 22.6. The highest BCUT2D eigenvalue weighted by atomic mass is 35.6. The molecular weight excluding hydrogens is 469 g/mol. The zero-order valence-corrected chi connectivity index (χ0v) is 16.7. The summed E-state index contributed by atoms with van der Waals surface area (Å²) >= 11 is 17.5. The van der Waals surface area contributed by atoms with Gasteiger partial charge in [-0.25, -0.2) is 0 Å². The number of benzene rings is 2. The number of carbonyl (C=O) groups is 1. The van der Waals surface area contributed by atoms with Gasteiger partial charge in [-0.1, -0.05) is 40.9 Å². The third-order valence-corrected chi connectivity index (χ3v) is 4.21. The van der Waals surface area contributed by atoms with E-state index in [-0.39, 0.29) is 11.4 Å². The van der Waals surface area contributed by atoms with E-state index in [4.69, 9.17) is 34.8 Å². The standard InChI is InChI=1S/C15H10Cl3N5O7/c16-15(17,18)14(19-9-2-1-3-10(6-9)21(25)26)20-13(24)8-4-11(22(27)28)7-12(5-8)23(29)30/h1-7,14,19H,(H,20,24)/t14-/m1/s1. The van der Waals surface area contributed by atoms with Crippen molar-refractivity contribution in [1.29, 1.82) is 0 Å². The molecule has 0 fully saturated rings. The van der Waals surface area contributed by atoms with Gasteiger partial charge in [-0.2, -0.15) is 0 Å². The molecule has 0 aliphatic heterocycles. The fourth-order valence-corrected chi connectivity index (χ4v) is 2.55. The zero-order valence-electron chi connectivity index (χ0n) is 14.5. The summed E-state index contributed by atoms with van der Waals surface area (Å²) in [5.41, 5.74) is -1.97. The molecule has 0 bridgehead atoms. The van der Waals surface area contributed by atoms with E-state index in [1.807, 2.05) is 0 Å². The first-order chi connectivity index (χ1) is 13.9. The molecule has 0 unspecified atom stereocenters. The fourth-order valence-electron chi connectivity index (χ4n) is 2.23. The van der Waals surface area contributed by atoms with Crippen LogP contribution < -0.4 is 10.6 Å². The Morgan fingerprint density at radius 3 is 1.87 bits per heavy atom. The lowest BCUT2D eigenvalue weighted by atomic mass is 10.1. The molecule has 0 saturated carbocycles. The summed E-state index contributed by atoms with van der Waals surface area (Å²) in [5, 5.41) is 37.7. The predicted molar refractivity (Wildman–Crippen MR) is 108 cm³/mol. The van der Waals surface area contributed by atoms with Crippen LogP contribution >= 0.6 is 34.8 Å². The Balaban J connectivity index is 2.34. The molecule has 158 valence electrons. The van der Waals surface area contributed by atoms with E-state index in [1.165, 1.54) is 18.2 Å². The Kier molecular flexibility index (Phi) is 6.97. The van der Waals surface area contributed by atoms with Crippen molar-refractivity contribution in [2.45, 2.75) is 9.96 Å². The maximum absolute atomic E-state index is 12.5. The molecule has 30 heavy (non-hydrogen) atoms. The fraction of sp³-hybridized carbons (Fsp3) is 0.133. The molecule has 0 spiro atoms. The van der Waals surface area contributed by atoms with E-state index in [0.717, 1.165) is 18.2 Å². The highest BCUT2D eigenvalue weighted by molar-refractivity contribution is 6.68. The number of alkyl halides is 3. The lowest BCUT2D eigenvalue weighted by Gasteiger charge is -2.27. The van der Waals surface area contributed by atoms with Crippen LogP contribution in [0, 0.1) is 30.3 Å². The Hall–Kier alpha value is -3.22. The molecule has 2 aromatic rings. The molecule has 1 amide bonds. The van der Waals surface area contributed by atoms with Crippen LogP contribution in [0.15, 0.2) is 42.5 Å². The third kappa shape index (κ3) is 5.89. The first-order valence-electron chi connectivity index (χ1n) is 7.71. The number of amides is 1. The Labute approximate surface area is 182 Å². The molecule has 2 rings (SSSR count). The van der Waals surface area contributed by atoms with E-state index in [0.29, 0.717) is 6.07 Å². The van der Waals surface area contributed by atoms with Crippen LogP contribution in [0.3, 0.4) is 0 Å². The van der Waals surface area contributed by atoms with Gasteiger partial charge in [0.05, 0.1) is 26.4 Å². The second-order valence-electron chi connectivity index (χ2n) is 5.65. The Bertz CT molecular complexity index is 996. The monoisotopic (exact) mass is 477 g/mol. The van der Waals surface area contributed by atoms with Crippen molar-refractivity contribution in [3.8, 4) is 0 Å². The molecule has 0 aliphatic rings. The van der Waals surface area contributed by atoms with Crippen LogP contribution in [0.4, 0.5) is 22.7 Å². The van der Waals surface area contributed by atoms with Gasteiger partial charge >= 0.3 is 0 Å². The number of nitrogens with one attached hydrogen (secondary N) is 2. The van der Waals surface area contributed by atoms with Crippen LogP contribution in [0.25, 0.3) is 0 Å². The minimum Gasteiger partial charge on any atom is -0.362 e. The second kappa shape index (κ2) is 9.07. The van der Waals surface area contributed by atoms with E-state index in [1.54, 1.807) is 0 Å². The van der Waals surface area contributed by atoms with Gasteiger partial charge in [-0.3, -0.25) is 35.1 Å². The normalized spacial score (nSPS) is 12.0. The number of halogens is 3. The largest absolute Gasteiger partial charge is 0.362 e. The van der Waals surface area contributed by atoms with Crippen LogP contribution in [0.1, 0.15) is 10.4 Å². The van der Waals surface area contributed by atoms with E-state index in [9.17, 15) is 35.1 Å². The summed E-state index contributed by atoms with van der Waals surface area (Å²) in [6, 6.07) is 7.40. The van der Waals surface area contributed by atoms with Crippen LogP contribution in [0.2, 0.25) is 0 Å². The van der Waals surface area contributed by atoms with E-state index < -0.39 is 47.6 Å². The highest BCUT2D eigenvalue weighted by Crippen LogP contribution is 2.32. The van der Waals surface area contributed by atoms with Gasteiger partial charge in [-0.15, -0.1) is 0 Å². The predicted octanol–water partition coefficient (Wildman–Crippen LogP) is 3.95. The van der Waals surface area contributed by atoms with Crippen molar-refractivity contribution in [3.05, 3.63) is 78.4 Å². The van der Waals surface area contributed by atoms with Crippen molar-refractivity contribution in [2.75, 3.05) is 5.32 Å². The molecule has 1 atom stereocenters. The second-order valence-corrected chi connectivity index (χ2v) is 8.02. The van der Waals surface area contributed by atoms with Gasteiger partial charge in [0.15, 0.2) is 0 Å². The number of hydrogen-bond acceptors (Lipinski definition) is 8. The Morgan fingerprint density at radius 2 is 1.40 bits per heavy atom. The van der Waals surface area contributed by atoms with Crippen LogP contribution in [-0.4, -0.2) is 30.6 Å². The van der Waals surface area contributed by atoms with E-state index >= 15 is 0 Å². The van der Waals surface area contributed by atoms with Crippen molar-refractivity contribution in [3.63, 3.8) is 0 Å². The van der Waals surface area contributed by atoms with Crippen molar-refractivity contribution >= 4 is 63.5 Å². The summed E-state index contributed by atoms with van der Waals surface area (Å²) < 4.78 is -2.17. The van der Waals surface area contributed by atoms with Gasteiger partial charge in [0.1, 0.15) is 6.17 Å². The smallest absolute Gasteiger partial charge is 0.277 e. The maximum atomic E-state index is 12.5. The summed E-state index contributed by atoms with van der Waals surface area (Å²) in [6.07, 6.45) is -1.46. The molecule has 0 aliphatic carbocycles. The molecule has 12 nitrogen and oxygen atoms in total. The number of non-ortho nitro benzene ring substituents is 3. The summed E-state index contributed by atoms with van der Waals surface area (Å²) in [6.45, 7) is 0. The molecule has 0 saturated heterocycles. The number of nitro groups is 3. The first-order valence-corrected chi connectivity index (χ1v) is 8.84. The van der Waals surface area contributed by atoms with Gasteiger partial charge < -0.3 is 10.6 Å². The van der Waals surface area contributed by atoms with Crippen molar-refractivity contribution in [1.82, 2.24) is 5.32 Å². The molecule has 0 aromatic heterocycles.